The average Bonchev–Trinajstić information content (AvgIpc) is 2.81. The smallest absolute Gasteiger partial charge is 0.317 e. The lowest BCUT2D eigenvalue weighted by Crippen LogP contribution is -2.52. The van der Waals surface area contributed by atoms with Crippen molar-refractivity contribution < 1.29 is 19.5 Å². The number of nitrogens with zero attached hydrogens (tertiary/aromatic N) is 1. The van der Waals surface area contributed by atoms with Crippen molar-refractivity contribution in [3.05, 3.63) is 0 Å². The number of amides is 3. The fourth-order valence-electron chi connectivity index (χ4n) is 2.84. The molecular weight excluding hydrogens is 262 g/mol. The fourth-order valence-corrected chi connectivity index (χ4v) is 2.84. The molecule has 2 rings (SSSR count). The number of likely N-dealkylation sites (tertiary alicyclic amines) is 1. The molecule has 2 aliphatic heterocycles. The Morgan fingerprint density at radius 1 is 1.45 bits per heavy atom. The van der Waals surface area contributed by atoms with Gasteiger partial charge in [-0.3, -0.25) is 9.59 Å². The maximum absolute atomic E-state index is 12.1. The summed E-state index contributed by atoms with van der Waals surface area (Å²) >= 11 is 0. The normalized spacial score (nSPS) is 29.9. The van der Waals surface area contributed by atoms with E-state index >= 15 is 0 Å². The Morgan fingerprint density at radius 2 is 2.20 bits per heavy atom. The molecule has 7 nitrogen and oxygen atoms in total. The average molecular weight is 283 g/mol. The number of hydrogen-bond donors (Lipinski definition) is 3. The van der Waals surface area contributed by atoms with Gasteiger partial charge < -0.3 is 20.6 Å². The first-order valence-electron chi connectivity index (χ1n) is 7.04. The Hall–Kier alpha value is -1.79. The van der Waals surface area contributed by atoms with E-state index in [1.165, 1.54) is 0 Å². The minimum Gasteiger partial charge on any atom is -0.481 e. The van der Waals surface area contributed by atoms with E-state index in [1.54, 1.807) is 4.90 Å². The zero-order valence-electron chi connectivity index (χ0n) is 11.6. The summed E-state index contributed by atoms with van der Waals surface area (Å²) in [6.07, 6.45) is 2.24. The molecule has 2 aliphatic rings. The number of hydrogen-bond acceptors (Lipinski definition) is 3. The highest BCUT2D eigenvalue weighted by Gasteiger charge is 2.32. The van der Waals surface area contributed by atoms with Gasteiger partial charge in [0.25, 0.3) is 0 Å². The van der Waals surface area contributed by atoms with Crippen molar-refractivity contribution in [1.29, 1.82) is 0 Å². The molecule has 0 aromatic carbocycles. The first kappa shape index (κ1) is 14.6. The van der Waals surface area contributed by atoms with Gasteiger partial charge in [-0.05, 0) is 26.2 Å². The topological polar surface area (TPSA) is 98.7 Å². The van der Waals surface area contributed by atoms with E-state index in [0.29, 0.717) is 32.4 Å². The maximum atomic E-state index is 12.1. The monoisotopic (exact) mass is 283 g/mol. The lowest BCUT2D eigenvalue weighted by atomic mass is 9.92. The van der Waals surface area contributed by atoms with E-state index in [4.69, 9.17) is 5.11 Å². The molecule has 0 saturated carbocycles. The lowest BCUT2D eigenvalue weighted by molar-refractivity contribution is -0.143. The third-order valence-corrected chi connectivity index (χ3v) is 4.07. The van der Waals surface area contributed by atoms with E-state index < -0.39 is 5.97 Å². The summed E-state index contributed by atoms with van der Waals surface area (Å²) in [5, 5.41) is 14.6. The second-order valence-corrected chi connectivity index (χ2v) is 5.59. The number of carbonyl (C=O) groups excluding carboxylic acids is 2. The molecule has 2 fully saturated rings. The number of nitrogens with one attached hydrogen (secondary N) is 2. The SMILES string of the molecule is CC1CC(C(=O)O)CCN1C(=O)NCC1CCC(=O)N1. The fraction of sp³-hybridized carbons (Fsp3) is 0.769. The van der Waals surface area contributed by atoms with Crippen LogP contribution in [0.1, 0.15) is 32.6 Å². The number of piperidine rings is 1. The molecule has 2 saturated heterocycles. The zero-order valence-corrected chi connectivity index (χ0v) is 11.6. The Morgan fingerprint density at radius 3 is 2.75 bits per heavy atom. The third kappa shape index (κ3) is 3.40. The van der Waals surface area contributed by atoms with Gasteiger partial charge in [0.2, 0.25) is 5.91 Å². The summed E-state index contributed by atoms with van der Waals surface area (Å²) in [6, 6.07) is -0.246. The van der Waals surface area contributed by atoms with Crippen LogP contribution in [0.25, 0.3) is 0 Å². The van der Waals surface area contributed by atoms with Crippen LogP contribution in [0.4, 0.5) is 4.79 Å². The molecule has 0 aromatic heterocycles. The van der Waals surface area contributed by atoms with E-state index in [2.05, 4.69) is 10.6 Å². The van der Waals surface area contributed by atoms with Crippen LogP contribution in [0.2, 0.25) is 0 Å². The molecule has 3 amide bonds. The second-order valence-electron chi connectivity index (χ2n) is 5.59. The van der Waals surface area contributed by atoms with Crippen molar-refractivity contribution in [2.24, 2.45) is 5.92 Å². The van der Waals surface area contributed by atoms with E-state index in [9.17, 15) is 14.4 Å². The van der Waals surface area contributed by atoms with Gasteiger partial charge in [0, 0.05) is 31.6 Å². The highest BCUT2D eigenvalue weighted by Crippen LogP contribution is 2.22. The zero-order chi connectivity index (χ0) is 14.7. The number of carbonyl (C=O) groups is 3. The van der Waals surface area contributed by atoms with Crippen molar-refractivity contribution in [3.8, 4) is 0 Å². The molecule has 20 heavy (non-hydrogen) atoms. The Balaban J connectivity index is 1.78. The van der Waals surface area contributed by atoms with Crippen molar-refractivity contribution in [2.45, 2.75) is 44.7 Å². The second kappa shape index (κ2) is 6.11. The van der Waals surface area contributed by atoms with Gasteiger partial charge in [-0.1, -0.05) is 0 Å². The van der Waals surface area contributed by atoms with Crippen LogP contribution in [0.5, 0.6) is 0 Å². The molecule has 0 aliphatic carbocycles. The number of carboxylic acids is 1. The van der Waals surface area contributed by atoms with Crippen LogP contribution in [-0.2, 0) is 9.59 Å². The molecule has 112 valence electrons. The van der Waals surface area contributed by atoms with Crippen molar-refractivity contribution in [1.82, 2.24) is 15.5 Å². The summed E-state index contributed by atoms with van der Waals surface area (Å²) < 4.78 is 0. The minimum absolute atomic E-state index is 0.0123. The number of urea groups is 1. The summed E-state index contributed by atoms with van der Waals surface area (Å²) in [5.41, 5.74) is 0. The summed E-state index contributed by atoms with van der Waals surface area (Å²) in [4.78, 5) is 35.8. The van der Waals surface area contributed by atoms with Crippen LogP contribution in [-0.4, -0.2) is 53.1 Å². The van der Waals surface area contributed by atoms with E-state index in [0.717, 1.165) is 6.42 Å². The largest absolute Gasteiger partial charge is 0.481 e. The molecule has 7 heteroatoms. The standard InChI is InChI=1S/C13H21N3O4/c1-8-6-9(12(18)19)4-5-16(8)13(20)14-7-10-2-3-11(17)15-10/h8-10H,2-7H2,1H3,(H,14,20)(H,15,17)(H,18,19). The predicted molar refractivity (Wildman–Crippen MR) is 71.1 cm³/mol. The van der Waals surface area contributed by atoms with E-state index in [-0.39, 0.29) is 29.9 Å². The Labute approximate surface area is 117 Å². The lowest BCUT2D eigenvalue weighted by Gasteiger charge is -2.36. The summed E-state index contributed by atoms with van der Waals surface area (Å²) in [7, 11) is 0. The summed E-state index contributed by atoms with van der Waals surface area (Å²) in [6.45, 7) is 2.75. The van der Waals surface area contributed by atoms with Crippen LogP contribution >= 0.6 is 0 Å². The summed E-state index contributed by atoms with van der Waals surface area (Å²) in [5.74, 6) is -1.12. The number of rotatable bonds is 3. The molecule has 2 heterocycles. The predicted octanol–water partition coefficient (Wildman–Crippen LogP) is 0.160. The van der Waals surface area contributed by atoms with Crippen molar-refractivity contribution >= 4 is 17.9 Å². The van der Waals surface area contributed by atoms with Crippen LogP contribution in [0.3, 0.4) is 0 Å². The first-order chi connectivity index (χ1) is 9.47. The molecule has 0 radical (unpaired) electrons. The highest BCUT2D eigenvalue weighted by molar-refractivity contribution is 5.79. The van der Waals surface area contributed by atoms with Gasteiger partial charge in [0.05, 0.1) is 5.92 Å². The van der Waals surface area contributed by atoms with Crippen LogP contribution in [0, 0.1) is 5.92 Å². The molecule has 3 atom stereocenters. The van der Waals surface area contributed by atoms with Gasteiger partial charge in [-0.2, -0.15) is 0 Å². The first-order valence-corrected chi connectivity index (χ1v) is 7.04. The molecule has 0 spiro atoms. The minimum atomic E-state index is -0.787. The van der Waals surface area contributed by atoms with Gasteiger partial charge in [-0.25, -0.2) is 4.79 Å². The maximum Gasteiger partial charge on any atom is 0.317 e. The molecule has 0 bridgehead atoms. The molecular formula is C13H21N3O4. The number of aliphatic carboxylic acids is 1. The van der Waals surface area contributed by atoms with E-state index in [1.807, 2.05) is 6.92 Å². The van der Waals surface area contributed by atoms with Gasteiger partial charge >= 0.3 is 12.0 Å². The number of carboxylic acid groups (broad SMARTS) is 1. The van der Waals surface area contributed by atoms with Crippen molar-refractivity contribution in [2.75, 3.05) is 13.1 Å². The van der Waals surface area contributed by atoms with Crippen LogP contribution in [0.15, 0.2) is 0 Å². The Kier molecular flexibility index (Phi) is 4.46. The quantitative estimate of drug-likeness (QED) is 0.687. The van der Waals surface area contributed by atoms with Gasteiger partial charge in [-0.15, -0.1) is 0 Å². The van der Waals surface area contributed by atoms with Crippen LogP contribution < -0.4 is 10.6 Å². The third-order valence-electron chi connectivity index (χ3n) is 4.07. The molecule has 3 unspecified atom stereocenters. The highest BCUT2D eigenvalue weighted by atomic mass is 16.4. The molecule has 3 N–H and O–H groups in total. The van der Waals surface area contributed by atoms with Gasteiger partial charge in [0.15, 0.2) is 0 Å². The van der Waals surface area contributed by atoms with Crippen molar-refractivity contribution in [3.63, 3.8) is 0 Å². The van der Waals surface area contributed by atoms with Gasteiger partial charge in [0.1, 0.15) is 0 Å². The Bertz CT molecular complexity index is 412. The molecule has 0 aromatic rings.